The highest BCUT2D eigenvalue weighted by molar-refractivity contribution is 6.23. The summed E-state index contributed by atoms with van der Waals surface area (Å²) in [5.74, 6) is -1.65. The van der Waals surface area contributed by atoms with Gasteiger partial charge in [0.05, 0.1) is 24.8 Å². The maximum Gasteiger partial charge on any atom is 0.265 e. The summed E-state index contributed by atoms with van der Waals surface area (Å²) in [6.45, 7) is -0.235. The average Bonchev–Trinajstić information content (AvgIpc) is 3.17. The molecule has 8 heteroatoms. The molecule has 2 aromatic carbocycles. The fourth-order valence-corrected chi connectivity index (χ4v) is 3.79. The molecule has 0 radical (unpaired) electrons. The number of hydroxylamine groups is 2. The van der Waals surface area contributed by atoms with Crippen LogP contribution in [0.1, 0.15) is 11.6 Å². The zero-order valence-electron chi connectivity index (χ0n) is 15.1. The largest absolute Gasteiger partial charge is 0.497 e. The molecule has 3 amide bonds. The van der Waals surface area contributed by atoms with Crippen LogP contribution in [0.5, 0.6) is 5.75 Å². The molecule has 3 atom stereocenters. The molecule has 2 fully saturated rings. The third-order valence-electron chi connectivity index (χ3n) is 4.96. The van der Waals surface area contributed by atoms with Gasteiger partial charge in [0, 0.05) is 0 Å². The van der Waals surface area contributed by atoms with Crippen molar-refractivity contribution in [3.63, 3.8) is 0 Å². The number of nitrogens with two attached hydrogens (primary N) is 1. The van der Waals surface area contributed by atoms with E-state index in [1.165, 1.54) is 12.2 Å². The Labute approximate surface area is 161 Å². The zero-order chi connectivity index (χ0) is 19.8. The van der Waals surface area contributed by atoms with Gasteiger partial charge in [0.2, 0.25) is 11.8 Å². The molecule has 2 saturated heterocycles. The highest BCUT2D eigenvalue weighted by Gasteiger charge is 2.60. The molecule has 0 bridgehead atoms. The molecule has 0 saturated carbocycles. The smallest absolute Gasteiger partial charge is 0.265 e. The number of imide groups is 1. The number of nitrogens with zero attached hydrogens (tertiary/aromatic N) is 2. The zero-order valence-corrected chi connectivity index (χ0v) is 15.1. The van der Waals surface area contributed by atoms with Crippen molar-refractivity contribution >= 4 is 23.4 Å². The van der Waals surface area contributed by atoms with Gasteiger partial charge in [-0.25, -0.2) is 4.90 Å². The van der Waals surface area contributed by atoms with Crippen LogP contribution in [0.25, 0.3) is 0 Å². The fraction of sp³-hybridized carbons (Fsp3) is 0.250. The van der Waals surface area contributed by atoms with Crippen LogP contribution in [0.15, 0.2) is 54.6 Å². The molecule has 2 aliphatic heterocycles. The van der Waals surface area contributed by atoms with Crippen LogP contribution in [-0.2, 0) is 19.2 Å². The first-order chi connectivity index (χ1) is 13.5. The molecule has 4 rings (SSSR count). The topological polar surface area (TPSA) is 102 Å². The first-order valence-corrected chi connectivity index (χ1v) is 8.80. The predicted octanol–water partition coefficient (Wildman–Crippen LogP) is 1.03. The minimum atomic E-state index is -1.01. The standard InChI is InChI=1S/C20H19N3O5/c1-27-14-9-5-6-12(10-14)17-16-18(28-22(17)11-15(21)24)20(26)23(19(16)25)13-7-3-2-4-8-13/h2-10,16-18H,11H2,1H3,(H2,21,24). The van der Waals surface area contributed by atoms with Gasteiger partial charge in [-0.1, -0.05) is 30.3 Å². The summed E-state index contributed by atoms with van der Waals surface area (Å²) in [7, 11) is 1.54. The molecule has 2 N–H and O–H groups in total. The van der Waals surface area contributed by atoms with E-state index >= 15 is 0 Å². The van der Waals surface area contributed by atoms with Crippen molar-refractivity contribution in [2.75, 3.05) is 18.6 Å². The summed E-state index contributed by atoms with van der Waals surface area (Å²) >= 11 is 0. The van der Waals surface area contributed by atoms with Gasteiger partial charge >= 0.3 is 0 Å². The van der Waals surface area contributed by atoms with Crippen molar-refractivity contribution < 1.29 is 24.0 Å². The number of amides is 3. The molecule has 28 heavy (non-hydrogen) atoms. The molecular weight excluding hydrogens is 362 g/mol. The van der Waals surface area contributed by atoms with Crippen molar-refractivity contribution in [2.45, 2.75) is 12.1 Å². The molecule has 2 aromatic rings. The van der Waals surface area contributed by atoms with Gasteiger partial charge in [0.25, 0.3) is 5.91 Å². The molecule has 0 spiro atoms. The Hall–Kier alpha value is -3.23. The van der Waals surface area contributed by atoms with Gasteiger partial charge in [-0.3, -0.25) is 19.2 Å². The van der Waals surface area contributed by atoms with Crippen molar-refractivity contribution in [3.05, 3.63) is 60.2 Å². The Morgan fingerprint density at radius 2 is 1.86 bits per heavy atom. The Bertz CT molecular complexity index is 932. The number of ether oxygens (including phenoxy) is 1. The van der Waals surface area contributed by atoms with Crippen LogP contribution < -0.4 is 15.4 Å². The quantitative estimate of drug-likeness (QED) is 0.776. The summed E-state index contributed by atoms with van der Waals surface area (Å²) < 4.78 is 5.27. The van der Waals surface area contributed by atoms with Gasteiger partial charge in [0.1, 0.15) is 12.3 Å². The summed E-state index contributed by atoms with van der Waals surface area (Å²) in [5, 5.41) is 1.32. The monoisotopic (exact) mass is 381 g/mol. The number of carbonyl (C=O) groups excluding carboxylic acids is 3. The van der Waals surface area contributed by atoms with E-state index < -0.39 is 29.9 Å². The van der Waals surface area contributed by atoms with Gasteiger partial charge < -0.3 is 10.5 Å². The van der Waals surface area contributed by atoms with Gasteiger partial charge in [-0.15, -0.1) is 0 Å². The molecule has 2 heterocycles. The average molecular weight is 381 g/mol. The molecule has 2 aliphatic rings. The Kier molecular flexibility index (Phi) is 4.58. The Morgan fingerprint density at radius 1 is 1.11 bits per heavy atom. The lowest BCUT2D eigenvalue weighted by Crippen LogP contribution is -2.40. The van der Waals surface area contributed by atoms with Crippen molar-refractivity contribution in [2.24, 2.45) is 11.7 Å². The lowest BCUT2D eigenvalue weighted by Gasteiger charge is -2.26. The lowest BCUT2D eigenvalue weighted by molar-refractivity contribution is -0.175. The van der Waals surface area contributed by atoms with E-state index in [4.69, 9.17) is 15.3 Å². The summed E-state index contributed by atoms with van der Waals surface area (Å²) in [4.78, 5) is 44.6. The number of methoxy groups -OCH3 is 1. The van der Waals surface area contributed by atoms with E-state index in [2.05, 4.69) is 0 Å². The van der Waals surface area contributed by atoms with E-state index in [0.29, 0.717) is 17.0 Å². The first kappa shape index (κ1) is 18.1. The third-order valence-corrected chi connectivity index (χ3v) is 4.96. The number of carbonyl (C=O) groups is 3. The van der Waals surface area contributed by atoms with Crippen molar-refractivity contribution in [1.29, 1.82) is 0 Å². The molecular formula is C20H19N3O5. The van der Waals surface area contributed by atoms with E-state index in [-0.39, 0.29) is 12.5 Å². The van der Waals surface area contributed by atoms with Crippen LogP contribution in [0.2, 0.25) is 0 Å². The predicted molar refractivity (Wildman–Crippen MR) is 98.9 cm³/mol. The number of hydrogen-bond acceptors (Lipinski definition) is 6. The maximum absolute atomic E-state index is 13.2. The number of hydrogen-bond donors (Lipinski definition) is 1. The molecule has 0 aliphatic carbocycles. The van der Waals surface area contributed by atoms with Crippen molar-refractivity contribution in [3.8, 4) is 5.75 Å². The second-order valence-electron chi connectivity index (χ2n) is 6.66. The van der Waals surface area contributed by atoms with E-state index in [1.54, 1.807) is 54.6 Å². The van der Waals surface area contributed by atoms with E-state index in [0.717, 1.165) is 4.90 Å². The summed E-state index contributed by atoms with van der Waals surface area (Å²) in [5.41, 5.74) is 6.53. The highest BCUT2D eigenvalue weighted by atomic mass is 16.7. The third kappa shape index (κ3) is 2.92. The van der Waals surface area contributed by atoms with Crippen molar-refractivity contribution in [1.82, 2.24) is 5.06 Å². The van der Waals surface area contributed by atoms with Gasteiger partial charge in [0.15, 0.2) is 6.10 Å². The number of rotatable bonds is 5. The normalized spacial score (nSPS) is 24.5. The maximum atomic E-state index is 13.2. The van der Waals surface area contributed by atoms with E-state index in [1.807, 2.05) is 0 Å². The van der Waals surface area contributed by atoms with Crippen LogP contribution in [-0.4, -0.2) is 42.5 Å². The Balaban J connectivity index is 1.75. The van der Waals surface area contributed by atoms with Crippen LogP contribution in [0, 0.1) is 5.92 Å². The SMILES string of the molecule is COc1cccc(C2C3C(=O)N(c4ccccc4)C(=O)C3ON2CC(N)=O)c1. The van der Waals surface area contributed by atoms with Gasteiger partial charge in [-0.2, -0.15) is 5.06 Å². The minimum Gasteiger partial charge on any atom is -0.497 e. The van der Waals surface area contributed by atoms with E-state index in [9.17, 15) is 14.4 Å². The summed E-state index contributed by atoms with van der Waals surface area (Å²) in [6.07, 6.45) is -1.01. The second kappa shape index (κ2) is 7.06. The molecule has 3 unspecified atom stereocenters. The second-order valence-corrected chi connectivity index (χ2v) is 6.66. The van der Waals surface area contributed by atoms with Gasteiger partial charge in [-0.05, 0) is 29.8 Å². The lowest BCUT2D eigenvalue weighted by atomic mass is 9.90. The Morgan fingerprint density at radius 3 is 2.54 bits per heavy atom. The fourth-order valence-electron chi connectivity index (χ4n) is 3.79. The number of fused-ring (bicyclic) bond motifs is 1. The summed E-state index contributed by atoms with van der Waals surface area (Å²) in [6, 6.07) is 15.2. The number of para-hydroxylation sites is 1. The first-order valence-electron chi connectivity index (χ1n) is 8.80. The van der Waals surface area contributed by atoms with Crippen LogP contribution >= 0.6 is 0 Å². The molecule has 0 aromatic heterocycles. The minimum absolute atomic E-state index is 0.235. The number of anilines is 1. The number of benzene rings is 2. The van der Waals surface area contributed by atoms with Crippen LogP contribution in [0.3, 0.4) is 0 Å². The van der Waals surface area contributed by atoms with Crippen LogP contribution in [0.4, 0.5) is 5.69 Å². The molecule has 144 valence electrons. The molecule has 8 nitrogen and oxygen atoms in total. The highest BCUT2D eigenvalue weighted by Crippen LogP contribution is 2.45. The number of primary amides is 1.